The van der Waals surface area contributed by atoms with Crippen LogP contribution >= 0.6 is 0 Å². The normalized spacial score (nSPS) is 11.4. The van der Waals surface area contributed by atoms with Gasteiger partial charge in [-0.2, -0.15) is 0 Å². The standard InChI is InChI=1S/C39H32BN/c1-25-9-7-10-26(2)38(25)40(39-27(3)11-8-12-28(39)4)33-20-17-29(18-21-33)31-19-22-35-36(23-31)41-24-32-16-15-30-13-5-6-14-34(30)37(32)35/h5-24H,1-4H3. The number of nitrogens with zero attached hydrogens (tertiary/aromatic N) is 1. The van der Waals surface area contributed by atoms with Crippen molar-refractivity contribution in [2.75, 3.05) is 0 Å². The minimum Gasteiger partial charge on any atom is -0.256 e. The number of rotatable bonds is 4. The van der Waals surface area contributed by atoms with Gasteiger partial charge in [0, 0.05) is 22.4 Å². The third-order valence-electron chi connectivity index (χ3n) is 8.81. The maximum atomic E-state index is 4.87. The minimum absolute atomic E-state index is 0.185. The third kappa shape index (κ3) is 4.31. The summed E-state index contributed by atoms with van der Waals surface area (Å²) in [5.74, 6) is 0. The first-order valence-corrected chi connectivity index (χ1v) is 14.4. The number of hydrogen-bond donors (Lipinski definition) is 0. The van der Waals surface area contributed by atoms with E-state index in [0.717, 1.165) is 5.52 Å². The number of aromatic nitrogens is 1. The van der Waals surface area contributed by atoms with Gasteiger partial charge in [-0.3, -0.25) is 4.98 Å². The molecule has 6 aromatic carbocycles. The van der Waals surface area contributed by atoms with E-state index in [-0.39, 0.29) is 6.71 Å². The molecule has 0 radical (unpaired) electrons. The molecule has 0 amide bonds. The fourth-order valence-corrected chi connectivity index (χ4v) is 6.78. The highest BCUT2D eigenvalue weighted by atomic mass is 14.6. The van der Waals surface area contributed by atoms with E-state index >= 15 is 0 Å². The van der Waals surface area contributed by atoms with E-state index in [0.29, 0.717) is 0 Å². The van der Waals surface area contributed by atoms with Gasteiger partial charge in [-0.15, -0.1) is 0 Å². The molecular formula is C39H32BN. The number of aryl methyl sites for hydroxylation is 4. The van der Waals surface area contributed by atoms with Gasteiger partial charge in [0.25, 0.3) is 0 Å². The first kappa shape index (κ1) is 25.3. The van der Waals surface area contributed by atoms with Crippen LogP contribution in [0, 0.1) is 27.7 Å². The van der Waals surface area contributed by atoms with Crippen LogP contribution in [0.3, 0.4) is 0 Å². The molecule has 41 heavy (non-hydrogen) atoms. The van der Waals surface area contributed by atoms with Crippen LogP contribution < -0.4 is 16.4 Å². The Morgan fingerprint density at radius 3 is 1.73 bits per heavy atom. The lowest BCUT2D eigenvalue weighted by molar-refractivity contribution is 1.41. The molecule has 2 heteroatoms. The molecule has 0 fully saturated rings. The van der Waals surface area contributed by atoms with Gasteiger partial charge in [0.15, 0.2) is 0 Å². The van der Waals surface area contributed by atoms with E-state index in [4.69, 9.17) is 4.98 Å². The van der Waals surface area contributed by atoms with Crippen LogP contribution in [-0.2, 0) is 0 Å². The second-order valence-corrected chi connectivity index (χ2v) is 11.4. The summed E-state index contributed by atoms with van der Waals surface area (Å²) in [5.41, 5.74) is 12.9. The lowest BCUT2D eigenvalue weighted by Gasteiger charge is -2.23. The van der Waals surface area contributed by atoms with Gasteiger partial charge in [0.2, 0.25) is 6.71 Å². The molecule has 7 aromatic rings. The van der Waals surface area contributed by atoms with Gasteiger partial charge in [-0.25, -0.2) is 0 Å². The molecule has 1 nitrogen and oxygen atoms in total. The molecule has 0 saturated heterocycles. The highest BCUT2D eigenvalue weighted by Gasteiger charge is 2.27. The van der Waals surface area contributed by atoms with Crippen molar-refractivity contribution in [3.63, 3.8) is 0 Å². The quantitative estimate of drug-likeness (QED) is 0.168. The number of benzene rings is 6. The molecule has 0 atom stereocenters. The molecule has 0 spiro atoms. The van der Waals surface area contributed by atoms with Crippen molar-refractivity contribution in [1.82, 2.24) is 4.98 Å². The maximum absolute atomic E-state index is 4.87. The Morgan fingerprint density at radius 2 is 1.07 bits per heavy atom. The highest BCUT2D eigenvalue weighted by Crippen LogP contribution is 2.33. The molecule has 0 aliphatic carbocycles. The smallest absolute Gasteiger partial charge is 0.242 e. The average Bonchev–Trinajstić information content (AvgIpc) is 2.99. The van der Waals surface area contributed by atoms with Crippen LogP contribution in [0.1, 0.15) is 22.3 Å². The highest BCUT2D eigenvalue weighted by molar-refractivity contribution is 6.96. The second-order valence-electron chi connectivity index (χ2n) is 11.4. The molecule has 0 aliphatic rings. The SMILES string of the molecule is Cc1cccc(C)c1B(c1ccc(-c2ccc3c(c2)ncc2ccc4ccccc4c23)cc1)c1c(C)cccc1C. The third-order valence-corrected chi connectivity index (χ3v) is 8.81. The Hall–Kier alpha value is -4.69. The van der Waals surface area contributed by atoms with Crippen LogP contribution in [0.25, 0.3) is 43.6 Å². The molecule has 0 aliphatic heterocycles. The van der Waals surface area contributed by atoms with E-state index in [9.17, 15) is 0 Å². The summed E-state index contributed by atoms with van der Waals surface area (Å²) in [7, 11) is 0. The van der Waals surface area contributed by atoms with Crippen molar-refractivity contribution in [1.29, 1.82) is 0 Å². The Kier molecular flexibility index (Phi) is 6.20. The van der Waals surface area contributed by atoms with E-state index in [1.165, 1.54) is 76.7 Å². The zero-order chi connectivity index (χ0) is 28.1. The van der Waals surface area contributed by atoms with E-state index in [2.05, 4.69) is 143 Å². The van der Waals surface area contributed by atoms with Crippen LogP contribution in [0.5, 0.6) is 0 Å². The maximum Gasteiger partial charge on any atom is 0.242 e. The molecule has 0 saturated carbocycles. The Morgan fingerprint density at radius 1 is 0.488 bits per heavy atom. The Labute approximate surface area is 242 Å². The average molecular weight is 526 g/mol. The second kappa shape index (κ2) is 10.1. The van der Waals surface area contributed by atoms with Gasteiger partial charge in [-0.1, -0.05) is 148 Å². The topological polar surface area (TPSA) is 12.9 Å². The molecule has 7 rings (SSSR count). The van der Waals surface area contributed by atoms with Crippen molar-refractivity contribution >= 4 is 55.5 Å². The van der Waals surface area contributed by atoms with E-state index < -0.39 is 0 Å². The Bertz CT molecular complexity index is 2000. The van der Waals surface area contributed by atoms with Crippen molar-refractivity contribution in [2.45, 2.75) is 27.7 Å². The first-order chi connectivity index (χ1) is 20.0. The van der Waals surface area contributed by atoms with Gasteiger partial charge in [0.1, 0.15) is 0 Å². The van der Waals surface area contributed by atoms with Gasteiger partial charge >= 0.3 is 0 Å². The zero-order valence-electron chi connectivity index (χ0n) is 24.1. The zero-order valence-corrected chi connectivity index (χ0v) is 24.1. The monoisotopic (exact) mass is 525 g/mol. The van der Waals surface area contributed by atoms with Gasteiger partial charge < -0.3 is 0 Å². The first-order valence-electron chi connectivity index (χ1n) is 14.4. The van der Waals surface area contributed by atoms with E-state index in [1.807, 2.05) is 6.20 Å². The molecule has 1 heterocycles. The van der Waals surface area contributed by atoms with Crippen LogP contribution in [-0.4, -0.2) is 11.7 Å². The molecule has 0 bridgehead atoms. The number of hydrogen-bond acceptors (Lipinski definition) is 1. The van der Waals surface area contributed by atoms with Crippen molar-refractivity contribution in [3.05, 3.63) is 144 Å². The van der Waals surface area contributed by atoms with Crippen molar-refractivity contribution < 1.29 is 0 Å². The van der Waals surface area contributed by atoms with Gasteiger partial charge in [0.05, 0.1) is 5.52 Å². The summed E-state index contributed by atoms with van der Waals surface area (Å²) < 4.78 is 0. The van der Waals surface area contributed by atoms with Crippen molar-refractivity contribution in [2.24, 2.45) is 0 Å². The lowest BCUT2D eigenvalue weighted by atomic mass is 9.34. The minimum atomic E-state index is 0.185. The molecule has 196 valence electrons. The fraction of sp³-hybridized carbons (Fsp3) is 0.103. The summed E-state index contributed by atoms with van der Waals surface area (Å²) in [4.78, 5) is 4.87. The predicted molar refractivity (Wildman–Crippen MR) is 179 cm³/mol. The lowest BCUT2D eigenvalue weighted by Crippen LogP contribution is -2.55. The van der Waals surface area contributed by atoms with Crippen molar-refractivity contribution in [3.8, 4) is 11.1 Å². The molecular weight excluding hydrogens is 493 g/mol. The summed E-state index contributed by atoms with van der Waals surface area (Å²) in [6, 6.07) is 42.2. The molecule has 1 aromatic heterocycles. The molecule has 0 N–H and O–H groups in total. The fourth-order valence-electron chi connectivity index (χ4n) is 6.78. The van der Waals surface area contributed by atoms with E-state index in [1.54, 1.807) is 0 Å². The summed E-state index contributed by atoms with van der Waals surface area (Å²) >= 11 is 0. The molecule has 0 unspecified atom stereocenters. The van der Waals surface area contributed by atoms with Crippen LogP contribution in [0.2, 0.25) is 0 Å². The Balaban J connectivity index is 1.34. The predicted octanol–water partition coefficient (Wildman–Crippen LogP) is 7.96. The summed E-state index contributed by atoms with van der Waals surface area (Å²) in [6.45, 7) is 9.15. The number of pyridine rings is 1. The van der Waals surface area contributed by atoms with Crippen LogP contribution in [0.4, 0.5) is 0 Å². The van der Waals surface area contributed by atoms with Crippen LogP contribution in [0.15, 0.2) is 121 Å². The number of fused-ring (bicyclic) bond motifs is 5. The largest absolute Gasteiger partial charge is 0.256 e. The summed E-state index contributed by atoms with van der Waals surface area (Å²) in [6.07, 6.45) is 2.01. The summed E-state index contributed by atoms with van der Waals surface area (Å²) in [5, 5.41) is 6.19. The van der Waals surface area contributed by atoms with Gasteiger partial charge in [-0.05, 0) is 55.7 Å².